The van der Waals surface area contributed by atoms with Crippen LogP contribution in [0, 0.1) is 12.8 Å². The molecule has 0 saturated carbocycles. The molecule has 0 atom stereocenters. The second-order valence-electron chi connectivity index (χ2n) is 9.93. The molecule has 1 amide bonds. The average molecular weight is 559 g/mol. The van der Waals surface area contributed by atoms with Crippen LogP contribution >= 0.6 is 23.2 Å². The topological polar surface area (TPSA) is 84.7 Å². The van der Waals surface area contributed by atoms with Crippen molar-refractivity contribution in [3.05, 3.63) is 69.4 Å². The highest BCUT2D eigenvalue weighted by atomic mass is 35.5. The molecule has 2 heterocycles. The number of ether oxygens (including phenoxy) is 1. The molecule has 0 unspecified atom stereocenters. The van der Waals surface area contributed by atoms with Gasteiger partial charge >= 0.3 is 5.97 Å². The SMILES string of the molecule is Cc1onc(-c2c(Cl)cccc2Cl)c1C(=O)OCCCN1CCC(c2cccc(NC(=O)C(C)C)c2)CC1. The molecule has 0 bridgehead atoms. The van der Waals surface area contributed by atoms with Gasteiger partial charge in [-0.05, 0) is 75.0 Å². The van der Waals surface area contributed by atoms with Gasteiger partial charge in [-0.3, -0.25) is 4.79 Å². The van der Waals surface area contributed by atoms with E-state index >= 15 is 0 Å². The Balaban J connectivity index is 1.25. The minimum absolute atomic E-state index is 0.0285. The van der Waals surface area contributed by atoms with Crippen LogP contribution in [-0.4, -0.2) is 48.2 Å². The largest absolute Gasteiger partial charge is 0.462 e. The van der Waals surface area contributed by atoms with E-state index in [4.69, 9.17) is 32.5 Å². The average Bonchev–Trinajstić information content (AvgIpc) is 3.27. The monoisotopic (exact) mass is 557 g/mol. The van der Waals surface area contributed by atoms with Crippen molar-refractivity contribution in [2.75, 3.05) is 31.6 Å². The molecule has 0 radical (unpaired) electrons. The van der Waals surface area contributed by atoms with Gasteiger partial charge in [0.15, 0.2) is 0 Å². The van der Waals surface area contributed by atoms with Crippen LogP contribution in [0.15, 0.2) is 47.0 Å². The third-order valence-electron chi connectivity index (χ3n) is 6.86. The molecule has 4 rings (SSSR count). The number of esters is 1. The molecule has 1 fully saturated rings. The summed E-state index contributed by atoms with van der Waals surface area (Å²) < 4.78 is 10.8. The van der Waals surface area contributed by atoms with Gasteiger partial charge in [0.2, 0.25) is 5.91 Å². The first-order chi connectivity index (χ1) is 18.2. The van der Waals surface area contributed by atoms with Crippen molar-refractivity contribution in [2.24, 2.45) is 5.92 Å². The predicted molar refractivity (Wildman–Crippen MR) is 150 cm³/mol. The highest BCUT2D eigenvalue weighted by Crippen LogP contribution is 2.37. The van der Waals surface area contributed by atoms with Gasteiger partial charge in [-0.2, -0.15) is 0 Å². The maximum atomic E-state index is 12.9. The van der Waals surface area contributed by atoms with Crippen LogP contribution < -0.4 is 5.32 Å². The first kappa shape index (κ1) is 28.1. The van der Waals surface area contributed by atoms with E-state index in [1.165, 1.54) is 5.56 Å². The highest BCUT2D eigenvalue weighted by molar-refractivity contribution is 6.39. The number of halogens is 2. The fraction of sp³-hybridized carbons (Fsp3) is 0.414. The summed E-state index contributed by atoms with van der Waals surface area (Å²) in [5, 5.41) is 7.78. The van der Waals surface area contributed by atoms with Crippen molar-refractivity contribution in [1.82, 2.24) is 10.1 Å². The lowest BCUT2D eigenvalue weighted by molar-refractivity contribution is -0.118. The van der Waals surface area contributed by atoms with E-state index in [0.29, 0.717) is 27.3 Å². The summed E-state index contributed by atoms with van der Waals surface area (Å²) >= 11 is 12.6. The maximum Gasteiger partial charge on any atom is 0.344 e. The molecule has 1 saturated heterocycles. The summed E-state index contributed by atoms with van der Waals surface area (Å²) in [5.74, 6) is 0.297. The van der Waals surface area contributed by atoms with Crippen molar-refractivity contribution in [3.63, 3.8) is 0 Å². The normalized spacial score (nSPS) is 14.6. The van der Waals surface area contributed by atoms with Crippen molar-refractivity contribution in [2.45, 2.75) is 46.0 Å². The number of anilines is 1. The molecule has 9 heteroatoms. The van der Waals surface area contributed by atoms with Crippen LogP contribution in [0.5, 0.6) is 0 Å². The molecule has 38 heavy (non-hydrogen) atoms. The minimum Gasteiger partial charge on any atom is -0.462 e. The summed E-state index contributed by atoms with van der Waals surface area (Å²) in [6.45, 7) is 8.52. The number of carbonyl (C=O) groups excluding carboxylic acids is 2. The van der Waals surface area contributed by atoms with E-state index in [9.17, 15) is 9.59 Å². The summed E-state index contributed by atoms with van der Waals surface area (Å²) in [6.07, 6.45) is 2.81. The molecule has 1 N–H and O–H groups in total. The molecule has 1 aliphatic rings. The number of carbonyl (C=O) groups is 2. The number of aromatic nitrogens is 1. The number of aryl methyl sites for hydroxylation is 1. The molecular weight excluding hydrogens is 525 g/mol. The van der Waals surface area contributed by atoms with Gasteiger partial charge in [-0.15, -0.1) is 0 Å². The number of likely N-dealkylation sites (tertiary alicyclic amines) is 1. The number of hydrogen-bond donors (Lipinski definition) is 1. The van der Waals surface area contributed by atoms with Crippen LogP contribution in [0.2, 0.25) is 10.0 Å². The second-order valence-corrected chi connectivity index (χ2v) is 10.7. The quantitative estimate of drug-likeness (QED) is 0.225. The fourth-order valence-corrected chi connectivity index (χ4v) is 5.26. The highest BCUT2D eigenvalue weighted by Gasteiger charge is 2.26. The zero-order valence-electron chi connectivity index (χ0n) is 21.9. The first-order valence-electron chi connectivity index (χ1n) is 13.0. The smallest absolute Gasteiger partial charge is 0.344 e. The lowest BCUT2D eigenvalue weighted by Gasteiger charge is -2.32. The van der Waals surface area contributed by atoms with Gasteiger partial charge in [-0.1, -0.05) is 60.4 Å². The number of hydrogen-bond acceptors (Lipinski definition) is 6. The Morgan fingerprint density at radius 3 is 2.50 bits per heavy atom. The summed E-state index contributed by atoms with van der Waals surface area (Å²) in [7, 11) is 0. The molecule has 1 aliphatic heterocycles. The number of rotatable bonds is 9. The number of nitrogens with one attached hydrogen (secondary N) is 1. The van der Waals surface area contributed by atoms with Crippen LogP contribution in [0.1, 0.15) is 60.7 Å². The molecule has 2 aromatic carbocycles. The van der Waals surface area contributed by atoms with Crippen molar-refractivity contribution in [1.29, 1.82) is 0 Å². The number of piperidine rings is 1. The first-order valence-corrected chi connectivity index (χ1v) is 13.7. The summed E-state index contributed by atoms with van der Waals surface area (Å²) in [5.41, 5.74) is 3.10. The van der Waals surface area contributed by atoms with E-state index in [0.717, 1.165) is 44.6 Å². The van der Waals surface area contributed by atoms with E-state index < -0.39 is 5.97 Å². The summed E-state index contributed by atoms with van der Waals surface area (Å²) in [4.78, 5) is 27.3. The standard InChI is InChI=1S/C29H33Cl2N3O4/c1-18(2)28(35)32-22-8-4-7-21(17-22)20-11-14-34(15-12-20)13-6-16-37-29(36)25-19(3)38-33-27(25)26-23(30)9-5-10-24(26)31/h4-5,7-10,17-18,20H,6,11-16H2,1-3H3,(H,32,35). The molecular formula is C29H33Cl2N3O4. The van der Waals surface area contributed by atoms with Gasteiger partial charge in [0.1, 0.15) is 17.0 Å². The third-order valence-corrected chi connectivity index (χ3v) is 7.49. The molecule has 1 aromatic heterocycles. The Kier molecular flexibility index (Phi) is 9.47. The zero-order chi connectivity index (χ0) is 27.2. The van der Waals surface area contributed by atoms with Gasteiger partial charge in [-0.25, -0.2) is 4.79 Å². The molecule has 0 aliphatic carbocycles. The van der Waals surface area contributed by atoms with Crippen LogP contribution in [0.25, 0.3) is 11.3 Å². The number of benzene rings is 2. The van der Waals surface area contributed by atoms with Crippen LogP contribution in [0.4, 0.5) is 5.69 Å². The Hall–Kier alpha value is -2.87. The van der Waals surface area contributed by atoms with Crippen molar-refractivity contribution in [3.8, 4) is 11.3 Å². The van der Waals surface area contributed by atoms with Gasteiger partial charge in [0, 0.05) is 23.7 Å². The number of nitrogens with zero attached hydrogens (tertiary/aromatic N) is 2. The van der Waals surface area contributed by atoms with E-state index in [1.54, 1.807) is 25.1 Å². The van der Waals surface area contributed by atoms with E-state index in [1.807, 2.05) is 26.0 Å². The Morgan fingerprint density at radius 2 is 1.82 bits per heavy atom. The number of amides is 1. The predicted octanol–water partition coefficient (Wildman–Crippen LogP) is 6.98. The fourth-order valence-electron chi connectivity index (χ4n) is 4.68. The lowest BCUT2D eigenvalue weighted by atomic mass is 9.89. The molecule has 0 spiro atoms. The van der Waals surface area contributed by atoms with Crippen LogP contribution in [0.3, 0.4) is 0 Å². The van der Waals surface area contributed by atoms with E-state index in [-0.39, 0.29) is 29.7 Å². The van der Waals surface area contributed by atoms with Gasteiger partial charge in [0.25, 0.3) is 0 Å². The zero-order valence-corrected chi connectivity index (χ0v) is 23.4. The van der Waals surface area contributed by atoms with E-state index in [2.05, 4.69) is 27.5 Å². The van der Waals surface area contributed by atoms with Gasteiger partial charge in [0.05, 0.1) is 16.7 Å². The Labute approximate surface area is 233 Å². The van der Waals surface area contributed by atoms with Crippen LogP contribution in [-0.2, 0) is 9.53 Å². The maximum absolute atomic E-state index is 12.9. The Morgan fingerprint density at radius 1 is 1.13 bits per heavy atom. The van der Waals surface area contributed by atoms with Crippen molar-refractivity contribution >= 4 is 40.8 Å². The van der Waals surface area contributed by atoms with Crippen molar-refractivity contribution < 1.29 is 18.8 Å². The lowest BCUT2D eigenvalue weighted by Crippen LogP contribution is -2.34. The Bertz CT molecular complexity index is 1260. The third kappa shape index (κ3) is 6.76. The van der Waals surface area contributed by atoms with Gasteiger partial charge < -0.3 is 19.5 Å². The molecule has 3 aromatic rings. The molecule has 202 valence electrons. The minimum atomic E-state index is -0.502. The second kappa shape index (κ2) is 12.8. The summed E-state index contributed by atoms with van der Waals surface area (Å²) in [6, 6.07) is 13.3. The molecule has 7 nitrogen and oxygen atoms in total.